The fourth-order valence-corrected chi connectivity index (χ4v) is 2.71. The van der Waals surface area contributed by atoms with Crippen molar-refractivity contribution in [2.75, 3.05) is 6.54 Å². The lowest BCUT2D eigenvalue weighted by Gasteiger charge is -2.20. The van der Waals surface area contributed by atoms with Gasteiger partial charge in [0, 0.05) is 6.04 Å². The van der Waals surface area contributed by atoms with Crippen LogP contribution in [-0.4, -0.2) is 6.54 Å². The maximum absolute atomic E-state index is 13.3. The minimum absolute atomic E-state index is 0.133. The highest BCUT2D eigenvalue weighted by Gasteiger charge is 2.14. The monoisotopic (exact) mass is 305 g/mol. The molecular formula is C18H21ClFN. The van der Waals surface area contributed by atoms with E-state index in [-0.39, 0.29) is 16.9 Å². The van der Waals surface area contributed by atoms with Gasteiger partial charge in [-0.05, 0) is 55.6 Å². The Morgan fingerprint density at radius 3 is 2.57 bits per heavy atom. The number of benzene rings is 2. The lowest BCUT2D eigenvalue weighted by atomic mass is 9.95. The Kier molecular flexibility index (Phi) is 5.38. The molecular weight excluding hydrogens is 285 g/mol. The molecule has 1 nitrogen and oxygen atoms in total. The summed E-state index contributed by atoms with van der Waals surface area (Å²) in [6, 6.07) is 11.6. The van der Waals surface area contributed by atoms with E-state index < -0.39 is 0 Å². The van der Waals surface area contributed by atoms with E-state index in [2.05, 4.69) is 44.3 Å². The van der Waals surface area contributed by atoms with E-state index in [4.69, 9.17) is 11.6 Å². The van der Waals surface area contributed by atoms with Crippen molar-refractivity contribution in [1.29, 1.82) is 0 Å². The summed E-state index contributed by atoms with van der Waals surface area (Å²) >= 11 is 5.91. The van der Waals surface area contributed by atoms with E-state index in [1.807, 2.05) is 0 Å². The van der Waals surface area contributed by atoms with E-state index in [1.165, 1.54) is 22.8 Å². The average Bonchev–Trinajstić information content (AvgIpc) is 2.45. The molecule has 0 fully saturated rings. The molecule has 21 heavy (non-hydrogen) atoms. The molecule has 112 valence electrons. The SMILES string of the molecule is CCNC(Cc1cc(C)ccc1C)c1ccc(F)c(Cl)c1. The molecule has 0 aliphatic heterocycles. The van der Waals surface area contributed by atoms with Gasteiger partial charge in [-0.25, -0.2) is 4.39 Å². The minimum atomic E-state index is -0.373. The predicted molar refractivity (Wildman–Crippen MR) is 87.4 cm³/mol. The van der Waals surface area contributed by atoms with Crippen molar-refractivity contribution >= 4 is 11.6 Å². The summed E-state index contributed by atoms with van der Waals surface area (Å²) < 4.78 is 13.3. The molecule has 0 saturated heterocycles. The van der Waals surface area contributed by atoms with Gasteiger partial charge < -0.3 is 5.32 Å². The van der Waals surface area contributed by atoms with Crippen molar-refractivity contribution in [3.05, 3.63) is 69.5 Å². The quantitative estimate of drug-likeness (QED) is 0.820. The molecule has 0 heterocycles. The fourth-order valence-electron chi connectivity index (χ4n) is 2.52. The number of likely N-dealkylation sites (N-methyl/N-ethyl adjacent to an activating group) is 1. The fraction of sp³-hybridized carbons (Fsp3) is 0.333. The molecule has 0 aliphatic carbocycles. The first kappa shape index (κ1) is 16.0. The Labute approximate surface area is 131 Å². The Hall–Kier alpha value is -1.38. The molecule has 0 bridgehead atoms. The molecule has 2 rings (SSSR count). The second-order valence-corrected chi connectivity index (χ2v) is 5.83. The first-order valence-electron chi connectivity index (χ1n) is 7.25. The zero-order chi connectivity index (χ0) is 15.4. The van der Waals surface area contributed by atoms with Crippen LogP contribution in [0.4, 0.5) is 4.39 Å². The number of aryl methyl sites for hydroxylation is 2. The highest BCUT2D eigenvalue weighted by atomic mass is 35.5. The molecule has 0 amide bonds. The standard InChI is InChI=1S/C18H21ClFN/c1-4-21-18(14-7-8-17(20)16(19)10-14)11-15-9-12(2)5-6-13(15)3/h5-10,18,21H,4,11H2,1-3H3. The first-order valence-corrected chi connectivity index (χ1v) is 7.63. The topological polar surface area (TPSA) is 12.0 Å². The van der Waals surface area contributed by atoms with Crippen LogP contribution in [0.15, 0.2) is 36.4 Å². The van der Waals surface area contributed by atoms with Gasteiger partial charge in [0.2, 0.25) is 0 Å². The largest absolute Gasteiger partial charge is 0.310 e. The van der Waals surface area contributed by atoms with E-state index in [9.17, 15) is 4.39 Å². The molecule has 0 aromatic heterocycles. The number of hydrogen-bond acceptors (Lipinski definition) is 1. The molecule has 0 spiro atoms. The number of nitrogens with one attached hydrogen (secondary N) is 1. The highest BCUT2D eigenvalue weighted by molar-refractivity contribution is 6.30. The third kappa shape index (κ3) is 4.05. The van der Waals surface area contributed by atoms with Crippen LogP contribution in [0.5, 0.6) is 0 Å². The normalized spacial score (nSPS) is 12.4. The van der Waals surface area contributed by atoms with Crippen LogP contribution in [0.25, 0.3) is 0 Å². The number of rotatable bonds is 5. The third-order valence-electron chi connectivity index (χ3n) is 3.73. The molecule has 0 saturated carbocycles. The molecule has 0 aliphatic rings. The molecule has 2 aromatic carbocycles. The molecule has 1 N–H and O–H groups in total. The lowest BCUT2D eigenvalue weighted by Crippen LogP contribution is -2.23. The van der Waals surface area contributed by atoms with Crippen LogP contribution in [0.1, 0.15) is 35.2 Å². The van der Waals surface area contributed by atoms with Crippen LogP contribution >= 0.6 is 11.6 Å². The van der Waals surface area contributed by atoms with Crippen molar-refractivity contribution < 1.29 is 4.39 Å². The van der Waals surface area contributed by atoms with Gasteiger partial charge in [-0.15, -0.1) is 0 Å². The Bertz CT molecular complexity index is 625. The van der Waals surface area contributed by atoms with Crippen molar-refractivity contribution in [2.45, 2.75) is 33.2 Å². The van der Waals surface area contributed by atoms with Crippen molar-refractivity contribution in [3.63, 3.8) is 0 Å². The third-order valence-corrected chi connectivity index (χ3v) is 4.01. The Morgan fingerprint density at radius 2 is 1.90 bits per heavy atom. The second-order valence-electron chi connectivity index (χ2n) is 5.42. The maximum atomic E-state index is 13.3. The van der Waals surface area contributed by atoms with Crippen LogP contribution < -0.4 is 5.32 Å². The van der Waals surface area contributed by atoms with Crippen LogP contribution in [0.3, 0.4) is 0 Å². The van der Waals surface area contributed by atoms with Gasteiger partial charge in [0.15, 0.2) is 0 Å². The van der Waals surface area contributed by atoms with Crippen LogP contribution in [-0.2, 0) is 6.42 Å². The van der Waals surface area contributed by atoms with Gasteiger partial charge in [-0.3, -0.25) is 0 Å². The average molecular weight is 306 g/mol. The molecule has 1 atom stereocenters. The first-order chi connectivity index (χ1) is 10.0. The summed E-state index contributed by atoms with van der Waals surface area (Å²) in [5.41, 5.74) is 4.85. The van der Waals surface area contributed by atoms with Crippen molar-refractivity contribution in [3.8, 4) is 0 Å². The summed E-state index contributed by atoms with van der Waals surface area (Å²) in [4.78, 5) is 0. The van der Waals surface area contributed by atoms with E-state index >= 15 is 0 Å². The van der Waals surface area contributed by atoms with Gasteiger partial charge in [-0.1, -0.05) is 48.4 Å². The van der Waals surface area contributed by atoms with E-state index in [0.29, 0.717) is 0 Å². The molecule has 2 aromatic rings. The molecule has 1 unspecified atom stereocenters. The summed E-state index contributed by atoms with van der Waals surface area (Å²) in [7, 11) is 0. The van der Waals surface area contributed by atoms with Gasteiger partial charge in [0.1, 0.15) is 5.82 Å². The van der Waals surface area contributed by atoms with E-state index in [0.717, 1.165) is 18.5 Å². The minimum Gasteiger partial charge on any atom is -0.310 e. The van der Waals surface area contributed by atoms with Crippen molar-refractivity contribution in [1.82, 2.24) is 5.32 Å². The van der Waals surface area contributed by atoms with Crippen molar-refractivity contribution in [2.24, 2.45) is 0 Å². The van der Waals surface area contributed by atoms with Crippen LogP contribution in [0, 0.1) is 19.7 Å². The van der Waals surface area contributed by atoms with Crippen LogP contribution in [0.2, 0.25) is 5.02 Å². The summed E-state index contributed by atoms with van der Waals surface area (Å²) in [5, 5.41) is 3.64. The Morgan fingerprint density at radius 1 is 1.14 bits per heavy atom. The van der Waals surface area contributed by atoms with Gasteiger partial charge >= 0.3 is 0 Å². The summed E-state index contributed by atoms with van der Waals surface area (Å²) in [6.07, 6.45) is 0.864. The summed E-state index contributed by atoms with van der Waals surface area (Å²) in [6.45, 7) is 7.14. The summed E-state index contributed by atoms with van der Waals surface area (Å²) in [5.74, 6) is -0.373. The van der Waals surface area contributed by atoms with E-state index in [1.54, 1.807) is 12.1 Å². The second kappa shape index (κ2) is 7.06. The zero-order valence-corrected chi connectivity index (χ0v) is 13.5. The van der Waals surface area contributed by atoms with Gasteiger partial charge in [-0.2, -0.15) is 0 Å². The smallest absolute Gasteiger partial charge is 0.141 e. The van der Waals surface area contributed by atoms with Gasteiger partial charge in [0.05, 0.1) is 5.02 Å². The predicted octanol–water partition coefficient (Wildman–Crippen LogP) is 4.99. The zero-order valence-electron chi connectivity index (χ0n) is 12.7. The highest BCUT2D eigenvalue weighted by Crippen LogP contribution is 2.25. The lowest BCUT2D eigenvalue weighted by molar-refractivity contribution is 0.546. The number of halogens is 2. The number of hydrogen-bond donors (Lipinski definition) is 1. The van der Waals surface area contributed by atoms with Gasteiger partial charge in [0.25, 0.3) is 0 Å². The Balaban J connectivity index is 2.30. The maximum Gasteiger partial charge on any atom is 0.141 e. The molecule has 3 heteroatoms. The molecule has 0 radical (unpaired) electrons.